The third kappa shape index (κ3) is 7.99. The molecule has 0 aliphatic carbocycles. The van der Waals surface area contributed by atoms with Crippen LogP contribution in [-0.2, 0) is 4.79 Å². The van der Waals surface area contributed by atoms with Crippen LogP contribution in [0.2, 0.25) is 0 Å². The van der Waals surface area contributed by atoms with Gasteiger partial charge in [-0.3, -0.25) is 0 Å². The van der Waals surface area contributed by atoms with Crippen LogP contribution in [0.5, 0.6) is 0 Å². The van der Waals surface area contributed by atoms with Gasteiger partial charge in [0.1, 0.15) is 18.3 Å². The van der Waals surface area contributed by atoms with Crippen molar-refractivity contribution < 1.29 is 35.4 Å². The molecule has 0 radical (unpaired) electrons. The lowest BCUT2D eigenvalue weighted by molar-refractivity contribution is -0.164. The van der Waals surface area contributed by atoms with Crippen molar-refractivity contribution in [1.29, 1.82) is 0 Å². The molecule has 0 spiro atoms. The van der Waals surface area contributed by atoms with E-state index in [9.17, 15) is 4.79 Å². The SMILES string of the molecule is NCCN.O=C(O)[C@H](O)[C@@H](O)[C@H](O)[C@H](O)CO. The van der Waals surface area contributed by atoms with E-state index in [2.05, 4.69) is 0 Å². The van der Waals surface area contributed by atoms with Gasteiger partial charge in [-0.05, 0) is 0 Å². The van der Waals surface area contributed by atoms with Crippen LogP contribution in [-0.4, -0.2) is 80.7 Å². The molecule has 0 saturated carbocycles. The molecular weight excluding hydrogens is 236 g/mol. The highest BCUT2D eigenvalue weighted by Gasteiger charge is 2.33. The maximum absolute atomic E-state index is 10.1. The van der Waals surface area contributed by atoms with Gasteiger partial charge < -0.3 is 42.1 Å². The first kappa shape index (κ1) is 18.6. The monoisotopic (exact) mass is 256 g/mol. The minimum Gasteiger partial charge on any atom is -0.479 e. The standard InChI is InChI=1S/C6H12O7.C2H8N2/c7-1-2(8)3(9)4(10)5(11)6(12)13;3-1-2-4/h2-5,7-11H,1H2,(H,12,13);1-4H2/t2-,3-,4+,5-;/m1./s1. The predicted octanol–water partition coefficient (Wildman–Crippen LogP) is -4.59. The topological polar surface area (TPSA) is 190 Å². The molecule has 9 nitrogen and oxygen atoms in total. The van der Waals surface area contributed by atoms with E-state index in [0.717, 1.165) is 0 Å². The molecule has 10 N–H and O–H groups in total. The van der Waals surface area contributed by atoms with Gasteiger partial charge >= 0.3 is 5.97 Å². The fraction of sp³-hybridized carbons (Fsp3) is 0.875. The van der Waals surface area contributed by atoms with Crippen LogP contribution in [0.3, 0.4) is 0 Å². The summed E-state index contributed by atoms with van der Waals surface area (Å²) in [6.45, 7) is 0.352. The average Bonchev–Trinajstić information content (AvgIpc) is 2.34. The molecule has 0 saturated heterocycles. The summed E-state index contributed by atoms with van der Waals surface area (Å²) >= 11 is 0. The number of aliphatic carboxylic acids is 1. The Morgan fingerprint density at radius 3 is 1.65 bits per heavy atom. The number of aliphatic hydroxyl groups is 5. The van der Waals surface area contributed by atoms with Gasteiger partial charge in [-0.1, -0.05) is 0 Å². The second kappa shape index (κ2) is 10.4. The van der Waals surface area contributed by atoms with Crippen molar-refractivity contribution in [2.24, 2.45) is 11.5 Å². The van der Waals surface area contributed by atoms with Crippen molar-refractivity contribution in [3.63, 3.8) is 0 Å². The Morgan fingerprint density at radius 1 is 1.00 bits per heavy atom. The van der Waals surface area contributed by atoms with E-state index in [1.165, 1.54) is 0 Å². The van der Waals surface area contributed by atoms with Crippen molar-refractivity contribution in [3.8, 4) is 0 Å². The predicted molar refractivity (Wildman–Crippen MR) is 56.9 cm³/mol. The quantitative estimate of drug-likeness (QED) is 0.231. The van der Waals surface area contributed by atoms with Crippen molar-refractivity contribution in [2.45, 2.75) is 24.4 Å². The highest BCUT2D eigenvalue weighted by Crippen LogP contribution is 2.04. The Kier molecular flexibility index (Phi) is 11.3. The van der Waals surface area contributed by atoms with Crippen LogP contribution in [0.25, 0.3) is 0 Å². The zero-order valence-corrected chi connectivity index (χ0v) is 9.18. The number of nitrogens with two attached hydrogens (primary N) is 2. The molecule has 0 aromatic heterocycles. The maximum atomic E-state index is 10.1. The molecule has 0 rings (SSSR count). The van der Waals surface area contributed by atoms with Crippen molar-refractivity contribution in [3.05, 3.63) is 0 Å². The van der Waals surface area contributed by atoms with Crippen molar-refractivity contribution in [2.75, 3.05) is 19.7 Å². The fourth-order valence-corrected chi connectivity index (χ4v) is 0.668. The number of carboxylic acid groups (broad SMARTS) is 1. The number of hydrogen-bond acceptors (Lipinski definition) is 8. The Labute approximate surface area is 97.9 Å². The smallest absolute Gasteiger partial charge is 0.335 e. The minimum atomic E-state index is -2.20. The van der Waals surface area contributed by atoms with Crippen LogP contribution in [0.1, 0.15) is 0 Å². The number of hydrogen-bond donors (Lipinski definition) is 8. The molecule has 0 unspecified atom stereocenters. The Balaban J connectivity index is 0. The first-order chi connectivity index (χ1) is 7.83. The fourth-order valence-electron chi connectivity index (χ4n) is 0.668. The lowest BCUT2D eigenvalue weighted by Crippen LogP contribution is -2.48. The molecule has 17 heavy (non-hydrogen) atoms. The Bertz CT molecular complexity index is 202. The first-order valence-electron chi connectivity index (χ1n) is 4.79. The van der Waals surface area contributed by atoms with Gasteiger partial charge in [0.05, 0.1) is 6.61 Å². The van der Waals surface area contributed by atoms with Gasteiger partial charge in [-0.15, -0.1) is 0 Å². The summed E-state index contributed by atoms with van der Waals surface area (Å²) in [5, 5.41) is 51.8. The van der Waals surface area contributed by atoms with E-state index in [4.69, 9.17) is 42.1 Å². The average molecular weight is 256 g/mol. The molecule has 0 heterocycles. The van der Waals surface area contributed by atoms with Gasteiger partial charge in [-0.2, -0.15) is 0 Å². The summed E-state index contributed by atoms with van der Waals surface area (Å²) in [5.41, 5.74) is 9.81. The highest BCUT2D eigenvalue weighted by atomic mass is 16.4. The molecule has 0 aromatic rings. The number of rotatable bonds is 6. The van der Waals surface area contributed by atoms with Gasteiger partial charge in [0.15, 0.2) is 6.10 Å². The molecule has 4 atom stereocenters. The molecule has 0 fully saturated rings. The minimum absolute atomic E-state index is 0.597. The lowest BCUT2D eigenvalue weighted by atomic mass is 10.0. The van der Waals surface area contributed by atoms with Gasteiger partial charge in [0.2, 0.25) is 0 Å². The zero-order valence-electron chi connectivity index (χ0n) is 9.18. The molecule has 0 aliphatic heterocycles. The lowest BCUT2D eigenvalue weighted by Gasteiger charge is -2.23. The highest BCUT2D eigenvalue weighted by molar-refractivity contribution is 5.72. The van der Waals surface area contributed by atoms with Crippen LogP contribution in [0.15, 0.2) is 0 Å². The summed E-state index contributed by atoms with van der Waals surface area (Å²) in [6, 6.07) is 0. The van der Waals surface area contributed by atoms with Crippen molar-refractivity contribution >= 4 is 5.97 Å². The first-order valence-corrected chi connectivity index (χ1v) is 4.79. The number of carboxylic acids is 1. The van der Waals surface area contributed by atoms with Crippen LogP contribution in [0.4, 0.5) is 0 Å². The van der Waals surface area contributed by atoms with Gasteiger partial charge in [0, 0.05) is 13.1 Å². The summed E-state index contributed by atoms with van der Waals surface area (Å²) in [6.07, 6.45) is -7.84. The van der Waals surface area contributed by atoms with E-state index >= 15 is 0 Å². The molecule has 0 amide bonds. The Morgan fingerprint density at radius 2 is 1.41 bits per heavy atom. The number of carbonyl (C=O) groups is 1. The third-order valence-electron chi connectivity index (χ3n) is 1.67. The second-order valence-corrected chi connectivity index (χ2v) is 3.09. The summed E-state index contributed by atoms with van der Waals surface area (Å²) in [5.74, 6) is -1.73. The second-order valence-electron chi connectivity index (χ2n) is 3.09. The van der Waals surface area contributed by atoms with E-state index in [0.29, 0.717) is 13.1 Å². The van der Waals surface area contributed by atoms with Gasteiger partial charge in [-0.25, -0.2) is 4.79 Å². The van der Waals surface area contributed by atoms with E-state index in [1.54, 1.807) is 0 Å². The molecule has 0 aliphatic rings. The summed E-state index contributed by atoms with van der Waals surface area (Å²) < 4.78 is 0. The molecule has 104 valence electrons. The maximum Gasteiger partial charge on any atom is 0.335 e. The van der Waals surface area contributed by atoms with Crippen LogP contribution in [0, 0.1) is 0 Å². The van der Waals surface area contributed by atoms with E-state index in [1.807, 2.05) is 0 Å². The zero-order chi connectivity index (χ0) is 14.0. The van der Waals surface area contributed by atoms with Gasteiger partial charge in [0.25, 0.3) is 0 Å². The third-order valence-corrected chi connectivity index (χ3v) is 1.67. The molecule has 0 aromatic carbocycles. The van der Waals surface area contributed by atoms with E-state index in [-0.39, 0.29) is 0 Å². The van der Waals surface area contributed by atoms with Crippen molar-refractivity contribution in [1.82, 2.24) is 0 Å². The summed E-state index contributed by atoms with van der Waals surface area (Å²) in [4.78, 5) is 10.1. The van der Waals surface area contributed by atoms with E-state index < -0.39 is 37.0 Å². The van der Waals surface area contributed by atoms with Crippen LogP contribution >= 0.6 is 0 Å². The largest absolute Gasteiger partial charge is 0.479 e. The molecule has 9 heteroatoms. The molecule has 0 bridgehead atoms. The number of aliphatic hydroxyl groups excluding tert-OH is 5. The summed E-state index contributed by atoms with van der Waals surface area (Å²) in [7, 11) is 0. The van der Waals surface area contributed by atoms with Crippen LogP contribution < -0.4 is 11.5 Å². The molecular formula is C8H20N2O7. The Hall–Kier alpha value is -0.810. The normalized spacial score (nSPS) is 17.4.